The lowest BCUT2D eigenvalue weighted by Gasteiger charge is -2.25. The van der Waals surface area contributed by atoms with Gasteiger partial charge in [0.2, 0.25) is 0 Å². The van der Waals surface area contributed by atoms with Crippen LogP contribution in [0.25, 0.3) is 0 Å². The summed E-state index contributed by atoms with van der Waals surface area (Å²) in [4.78, 5) is 14.8. The fraction of sp³-hybridized carbons (Fsp3) is 0.750. The van der Waals surface area contributed by atoms with Gasteiger partial charge in [-0.2, -0.15) is 16.9 Å². The van der Waals surface area contributed by atoms with E-state index in [9.17, 15) is 4.79 Å². The third-order valence-electron chi connectivity index (χ3n) is 4.36. The molecule has 0 aromatic carbocycles. The van der Waals surface area contributed by atoms with Crippen molar-refractivity contribution in [3.8, 4) is 0 Å². The fourth-order valence-corrected chi connectivity index (χ4v) is 4.27. The summed E-state index contributed by atoms with van der Waals surface area (Å²) in [6, 6.07) is 0.371. The van der Waals surface area contributed by atoms with Crippen LogP contribution >= 0.6 is 11.8 Å². The number of hydrogen-bond donors (Lipinski definition) is 1. The molecule has 2 atom stereocenters. The molecule has 0 radical (unpaired) electrons. The van der Waals surface area contributed by atoms with Gasteiger partial charge < -0.3 is 4.90 Å². The smallest absolute Gasteiger partial charge is 0.257 e. The summed E-state index contributed by atoms with van der Waals surface area (Å²) in [5.74, 6) is 1.54. The number of aromatic amines is 1. The van der Waals surface area contributed by atoms with Crippen molar-refractivity contribution in [3.63, 3.8) is 0 Å². The van der Waals surface area contributed by atoms with Crippen LogP contribution in [-0.2, 0) is 0 Å². The number of rotatable bonds is 5. The minimum absolute atomic E-state index is 0.122. The lowest BCUT2D eigenvalue weighted by atomic mass is 10.0. The van der Waals surface area contributed by atoms with E-state index < -0.39 is 0 Å². The monoisotopic (exact) mass is 309 g/mol. The Hall–Kier alpha value is -0.970. The van der Waals surface area contributed by atoms with Crippen LogP contribution in [0.15, 0.2) is 0 Å². The maximum Gasteiger partial charge on any atom is 0.257 e. The maximum absolute atomic E-state index is 12.9. The van der Waals surface area contributed by atoms with Crippen LogP contribution in [0.1, 0.15) is 67.7 Å². The Morgan fingerprint density at radius 2 is 2.19 bits per heavy atom. The number of amides is 1. The van der Waals surface area contributed by atoms with Gasteiger partial charge >= 0.3 is 0 Å². The van der Waals surface area contributed by atoms with Crippen LogP contribution in [0.5, 0.6) is 0 Å². The third-order valence-corrected chi connectivity index (χ3v) is 5.60. The minimum atomic E-state index is 0.122. The van der Waals surface area contributed by atoms with Gasteiger partial charge in [-0.15, -0.1) is 0 Å². The molecule has 0 spiro atoms. The minimum Gasteiger partial charge on any atom is -0.339 e. The number of carbonyl (C=O) groups is 1. The van der Waals surface area contributed by atoms with Crippen LogP contribution in [0.4, 0.5) is 0 Å². The standard InChI is InChI=1S/C16H27N3OS/c1-6-21-13-8-7-12(9-13)19(5)16(20)14-11(4)17-18-15(14)10(2)3/h10,12-13H,6-9H2,1-5H3,(H,17,18)/t12-,13-/m1/s1. The van der Waals surface area contributed by atoms with Crippen molar-refractivity contribution < 1.29 is 4.79 Å². The molecule has 1 heterocycles. The second-order valence-electron chi connectivity index (χ2n) is 6.22. The molecule has 0 saturated heterocycles. The van der Waals surface area contributed by atoms with Gasteiger partial charge in [0.1, 0.15) is 0 Å². The summed E-state index contributed by atoms with van der Waals surface area (Å²) in [5.41, 5.74) is 2.55. The maximum atomic E-state index is 12.9. The molecule has 5 heteroatoms. The van der Waals surface area contributed by atoms with Gasteiger partial charge in [0.15, 0.2) is 0 Å². The summed E-state index contributed by atoms with van der Waals surface area (Å²) >= 11 is 2.02. The fourth-order valence-electron chi connectivity index (χ4n) is 3.13. The van der Waals surface area contributed by atoms with E-state index in [-0.39, 0.29) is 11.8 Å². The van der Waals surface area contributed by atoms with Crippen molar-refractivity contribution in [1.82, 2.24) is 15.1 Å². The van der Waals surface area contributed by atoms with E-state index in [0.29, 0.717) is 11.3 Å². The first-order valence-corrected chi connectivity index (χ1v) is 8.94. The van der Waals surface area contributed by atoms with Crippen LogP contribution in [0.2, 0.25) is 0 Å². The average molecular weight is 309 g/mol. The number of aromatic nitrogens is 2. The number of carbonyl (C=O) groups excluding carboxylic acids is 1. The first-order valence-electron chi connectivity index (χ1n) is 7.89. The number of H-pyrrole nitrogens is 1. The van der Waals surface area contributed by atoms with E-state index in [1.165, 1.54) is 6.42 Å². The lowest BCUT2D eigenvalue weighted by molar-refractivity contribution is 0.0733. The molecule has 1 N–H and O–H groups in total. The van der Waals surface area contributed by atoms with Gasteiger partial charge in [-0.1, -0.05) is 20.8 Å². The summed E-state index contributed by atoms with van der Waals surface area (Å²) < 4.78 is 0. The zero-order valence-corrected chi connectivity index (χ0v) is 14.6. The van der Waals surface area contributed by atoms with E-state index in [2.05, 4.69) is 31.0 Å². The van der Waals surface area contributed by atoms with E-state index in [1.807, 2.05) is 30.6 Å². The predicted octanol–water partition coefficient (Wildman–Crippen LogP) is 3.59. The Kier molecular flexibility index (Phi) is 5.36. The molecule has 1 saturated carbocycles. The quantitative estimate of drug-likeness (QED) is 0.904. The van der Waals surface area contributed by atoms with E-state index in [1.54, 1.807) is 0 Å². The molecule has 0 unspecified atom stereocenters. The van der Waals surface area contributed by atoms with Crippen LogP contribution in [0, 0.1) is 6.92 Å². The molecule has 1 aliphatic carbocycles. The Morgan fingerprint density at radius 3 is 2.81 bits per heavy atom. The predicted molar refractivity (Wildman–Crippen MR) is 89.1 cm³/mol. The molecule has 4 nitrogen and oxygen atoms in total. The molecule has 1 amide bonds. The van der Waals surface area contributed by atoms with Gasteiger partial charge in [-0.25, -0.2) is 0 Å². The number of hydrogen-bond acceptors (Lipinski definition) is 3. The first-order chi connectivity index (χ1) is 9.95. The third kappa shape index (κ3) is 3.44. The molecule has 0 aliphatic heterocycles. The molecule has 1 aliphatic rings. The van der Waals surface area contributed by atoms with E-state index in [4.69, 9.17) is 0 Å². The summed E-state index contributed by atoms with van der Waals surface area (Å²) in [6.07, 6.45) is 3.46. The van der Waals surface area contributed by atoms with E-state index >= 15 is 0 Å². The van der Waals surface area contributed by atoms with Crippen LogP contribution in [0.3, 0.4) is 0 Å². The second kappa shape index (κ2) is 6.86. The summed E-state index contributed by atoms with van der Waals surface area (Å²) in [5, 5.41) is 8.00. The molecule has 1 fully saturated rings. The van der Waals surface area contributed by atoms with Crippen molar-refractivity contribution in [2.45, 2.75) is 64.2 Å². The average Bonchev–Trinajstić information content (AvgIpc) is 3.04. The largest absolute Gasteiger partial charge is 0.339 e. The molecular weight excluding hydrogens is 282 g/mol. The van der Waals surface area contributed by atoms with Gasteiger partial charge in [-0.3, -0.25) is 9.89 Å². The molecule has 0 bridgehead atoms. The Morgan fingerprint density at radius 1 is 1.48 bits per heavy atom. The van der Waals surface area contributed by atoms with Gasteiger partial charge in [0.05, 0.1) is 11.3 Å². The SMILES string of the molecule is CCS[C@@H]1CC[C@@H](N(C)C(=O)c2c(C(C)C)n[nH]c2C)C1. The number of nitrogens with one attached hydrogen (secondary N) is 1. The molecule has 21 heavy (non-hydrogen) atoms. The Bertz CT molecular complexity index is 498. The molecule has 2 rings (SSSR count). The van der Waals surface area contributed by atoms with E-state index in [0.717, 1.165) is 35.5 Å². The first kappa shape index (κ1) is 16.4. The highest BCUT2D eigenvalue weighted by atomic mass is 32.2. The highest BCUT2D eigenvalue weighted by Crippen LogP contribution is 2.33. The van der Waals surface area contributed by atoms with Gasteiger partial charge in [0.25, 0.3) is 5.91 Å². The highest BCUT2D eigenvalue weighted by Gasteiger charge is 2.32. The number of thioether (sulfide) groups is 1. The van der Waals surface area contributed by atoms with Crippen molar-refractivity contribution in [2.75, 3.05) is 12.8 Å². The van der Waals surface area contributed by atoms with Crippen molar-refractivity contribution in [1.29, 1.82) is 0 Å². The molecule has 1 aromatic heterocycles. The van der Waals surface area contributed by atoms with Gasteiger partial charge in [-0.05, 0) is 37.9 Å². The Labute approximate surface area is 132 Å². The van der Waals surface area contributed by atoms with Crippen molar-refractivity contribution >= 4 is 17.7 Å². The molecule has 1 aromatic rings. The topological polar surface area (TPSA) is 49.0 Å². The molecule has 118 valence electrons. The molecular formula is C16H27N3OS. The van der Waals surface area contributed by atoms with Crippen LogP contribution in [-0.4, -0.2) is 45.1 Å². The lowest BCUT2D eigenvalue weighted by Crippen LogP contribution is -2.36. The highest BCUT2D eigenvalue weighted by molar-refractivity contribution is 7.99. The zero-order chi connectivity index (χ0) is 15.6. The summed E-state index contributed by atoms with van der Waals surface area (Å²) in [7, 11) is 1.95. The Balaban J connectivity index is 2.12. The second-order valence-corrected chi connectivity index (χ2v) is 7.80. The normalized spacial score (nSPS) is 22.0. The number of aryl methyl sites for hydroxylation is 1. The van der Waals surface area contributed by atoms with Crippen LogP contribution < -0.4 is 0 Å². The zero-order valence-electron chi connectivity index (χ0n) is 13.8. The number of nitrogens with zero attached hydrogens (tertiary/aromatic N) is 2. The van der Waals surface area contributed by atoms with Gasteiger partial charge in [0, 0.05) is 24.0 Å². The summed E-state index contributed by atoms with van der Waals surface area (Å²) in [6.45, 7) is 8.30. The van der Waals surface area contributed by atoms with Crippen molar-refractivity contribution in [3.05, 3.63) is 17.0 Å². The van der Waals surface area contributed by atoms with Crippen molar-refractivity contribution in [2.24, 2.45) is 0 Å².